The first-order valence-electron chi connectivity index (χ1n) is 6.83. The van der Waals surface area contributed by atoms with Crippen molar-refractivity contribution in [3.8, 4) is 0 Å². The van der Waals surface area contributed by atoms with Crippen LogP contribution in [0.3, 0.4) is 0 Å². The lowest BCUT2D eigenvalue weighted by Crippen LogP contribution is -2.38. The van der Waals surface area contributed by atoms with Gasteiger partial charge in [0.2, 0.25) is 0 Å². The molecule has 0 radical (unpaired) electrons. The third-order valence-electron chi connectivity index (χ3n) is 4.44. The molecule has 19 heavy (non-hydrogen) atoms. The van der Waals surface area contributed by atoms with E-state index < -0.39 is 0 Å². The Bertz CT molecular complexity index is 452. The largest absolute Gasteiger partial charge is 0.375 e. The van der Waals surface area contributed by atoms with Crippen molar-refractivity contribution in [1.82, 2.24) is 5.43 Å². The highest BCUT2D eigenvalue weighted by Crippen LogP contribution is 2.40. The molecule has 5 atom stereocenters. The molecule has 0 saturated carbocycles. The zero-order chi connectivity index (χ0) is 14.2. The molecule has 1 aliphatic heterocycles. The van der Waals surface area contributed by atoms with Crippen molar-refractivity contribution in [3.63, 3.8) is 0 Å². The summed E-state index contributed by atoms with van der Waals surface area (Å²) >= 11 is 0. The van der Waals surface area contributed by atoms with Gasteiger partial charge in [0.25, 0.3) is 0 Å². The quantitative estimate of drug-likeness (QED) is 0.653. The number of ether oxygens (including phenoxy) is 1. The second kappa shape index (κ2) is 5.57. The molecule has 1 aromatic carbocycles. The second-order valence-corrected chi connectivity index (χ2v) is 5.64. The van der Waals surface area contributed by atoms with E-state index in [0.717, 1.165) is 5.56 Å². The van der Waals surface area contributed by atoms with E-state index in [1.54, 1.807) is 19.1 Å². The summed E-state index contributed by atoms with van der Waals surface area (Å²) in [4.78, 5) is 0. The highest BCUT2D eigenvalue weighted by molar-refractivity contribution is 5.27. The van der Waals surface area contributed by atoms with Crippen LogP contribution in [0.1, 0.15) is 37.9 Å². The molecule has 106 valence electrons. The van der Waals surface area contributed by atoms with Gasteiger partial charge in [0.15, 0.2) is 0 Å². The van der Waals surface area contributed by atoms with Gasteiger partial charge in [-0.05, 0) is 43.9 Å². The average molecular weight is 266 g/mol. The van der Waals surface area contributed by atoms with Gasteiger partial charge in [0.1, 0.15) is 5.82 Å². The minimum atomic E-state index is -0.190. The Balaban J connectivity index is 2.31. The summed E-state index contributed by atoms with van der Waals surface area (Å²) in [5.41, 5.74) is 4.37. The minimum Gasteiger partial charge on any atom is -0.375 e. The molecular formula is C15H23FN2O. The fourth-order valence-electron chi connectivity index (χ4n) is 3.10. The van der Waals surface area contributed by atoms with Crippen molar-refractivity contribution in [2.75, 3.05) is 0 Å². The van der Waals surface area contributed by atoms with Gasteiger partial charge < -0.3 is 4.74 Å². The molecule has 4 heteroatoms. The van der Waals surface area contributed by atoms with E-state index in [9.17, 15) is 4.39 Å². The van der Waals surface area contributed by atoms with Crippen LogP contribution in [-0.2, 0) is 4.74 Å². The van der Waals surface area contributed by atoms with Crippen molar-refractivity contribution in [1.29, 1.82) is 0 Å². The third kappa shape index (κ3) is 2.66. The summed E-state index contributed by atoms with van der Waals surface area (Å²) in [5, 5.41) is 0. The number of halogens is 1. The maximum absolute atomic E-state index is 13.7. The lowest BCUT2D eigenvalue weighted by molar-refractivity contribution is 0.0475. The summed E-state index contributed by atoms with van der Waals surface area (Å²) in [5.74, 6) is 6.14. The standard InChI is InChI=1S/C15H23FN2O/c1-8-5-6-12(7-13(8)16)15(18-17)14-9(2)10(3)19-11(14)4/h5-7,9-11,14-15,18H,17H2,1-4H3. The summed E-state index contributed by atoms with van der Waals surface area (Å²) in [6.07, 6.45) is 0.307. The van der Waals surface area contributed by atoms with Crippen molar-refractivity contribution in [2.45, 2.75) is 45.9 Å². The van der Waals surface area contributed by atoms with Gasteiger partial charge in [-0.3, -0.25) is 11.3 Å². The maximum Gasteiger partial charge on any atom is 0.126 e. The Hall–Kier alpha value is -0.970. The van der Waals surface area contributed by atoms with Gasteiger partial charge >= 0.3 is 0 Å². The van der Waals surface area contributed by atoms with Gasteiger partial charge in [0, 0.05) is 5.92 Å². The highest BCUT2D eigenvalue weighted by Gasteiger charge is 2.41. The van der Waals surface area contributed by atoms with Crippen molar-refractivity contribution >= 4 is 0 Å². The monoisotopic (exact) mass is 266 g/mol. The molecule has 5 unspecified atom stereocenters. The number of hydrogen-bond donors (Lipinski definition) is 2. The van der Waals surface area contributed by atoms with E-state index in [0.29, 0.717) is 11.5 Å². The van der Waals surface area contributed by atoms with Crippen LogP contribution in [0.15, 0.2) is 18.2 Å². The van der Waals surface area contributed by atoms with Crippen molar-refractivity contribution in [2.24, 2.45) is 17.7 Å². The first-order valence-corrected chi connectivity index (χ1v) is 6.83. The molecule has 0 bridgehead atoms. The summed E-state index contributed by atoms with van der Waals surface area (Å²) < 4.78 is 19.6. The number of nitrogens with one attached hydrogen (secondary N) is 1. The van der Waals surface area contributed by atoms with Crippen molar-refractivity contribution < 1.29 is 9.13 Å². The van der Waals surface area contributed by atoms with Crippen LogP contribution in [0.2, 0.25) is 0 Å². The molecular weight excluding hydrogens is 243 g/mol. The Morgan fingerprint density at radius 2 is 1.95 bits per heavy atom. The Morgan fingerprint density at radius 1 is 1.26 bits per heavy atom. The lowest BCUT2D eigenvalue weighted by Gasteiger charge is -2.29. The van der Waals surface area contributed by atoms with Crippen LogP contribution < -0.4 is 11.3 Å². The van der Waals surface area contributed by atoms with Gasteiger partial charge in [-0.15, -0.1) is 0 Å². The van der Waals surface area contributed by atoms with Gasteiger partial charge in [0.05, 0.1) is 18.2 Å². The molecule has 0 spiro atoms. The fraction of sp³-hybridized carbons (Fsp3) is 0.600. The Kier molecular flexibility index (Phi) is 4.23. The van der Waals surface area contributed by atoms with Gasteiger partial charge in [-0.1, -0.05) is 19.1 Å². The van der Waals surface area contributed by atoms with E-state index in [2.05, 4.69) is 26.2 Å². The topological polar surface area (TPSA) is 47.3 Å². The normalized spacial score (nSPS) is 32.5. The zero-order valence-electron chi connectivity index (χ0n) is 12.0. The predicted octanol–water partition coefficient (Wildman–Crippen LogP) is 2.70. The fourth-order valence-corrected chi connectivity index (χ4v) is 3.10. The van der Waals surface area contributed by atoms with Crippen LogP contribution in [0.5, 0.6) is 0 Å². The molecule has 1 aliphatic rings. The molecule has 1 heterocycles. The number of nitrogens with two attached hydrogens (primary N) is 1. The van der Waals surface area contributed by atoms with E-state index in [-0.39, 0.29) is 30.0 Å². The smallest absolute Gasteiger partial charge is 0.126 e. The summed E-state index contributed by atoms with van der Waals surface area (Å²) in [7, 11) is 0. The molecule has 0 amide bonds. The number of benzene rings is 1. The number of hydrazine groups is 1. The third-order valence-corrected chi connectivity index (χ3v) is 4.44. The molecule has 0 aliphatic carbocycles. The molecule has 3 N–H and O–H groups in total. The van der Waals surface area contributed by atoms with E-state index in [1.807, 2.05) is 6.07 Å². The van der Waals surface area contributed by atoms with Gasteiger partial charge in [-0.2, -0.15) is 0 Å². The lowest BCUT2D eigenvalue weighted by atomic mass is 9.80. The van der Waals surface area contributed by atoms with E-state index in [1.165, 1.54) is 0 Å². The highest BCUT2D eigenvalue weighted by atomic mass is 19.1. The SMILES string of the molecule is Cc1ccc(C(NN)C2C(C)OC(C)C2C)cc1F. The summed E-state index contributed by atoms with van der Waals surface area (Å²) in [6, 6.07) is 5.21. The molecule has 0 aromatic heterocycles. The van der Waals surface area contributed by atoms with E-state index >= 15 is 0 Å². The Morgan fingerprint density at radius 3 is 2.42 bits per heavy atom. The van der Waals surface area contributed by atoms with Gasteiger partial charge in [-0.25, -0.2) is 4.39 Å². The van der Waals surface area contributed by atoms with Crippen LogP contribution >= 0.6 is 0 Å². The molecule has 1 fully saturated rings. The summed E-state index contributed by atoms with van der Waals surface area (Å²) in [6.45, 7) is 8.05. The van der Waals surface area contributed by atoms with Crippen LogP contribution in [0.4, 0.5) is 4.39 Å². The second-order valence-electron chi connectivity index (χ2n) is 5.64. The molecule has 1 aromatic rings. The van der Waals surface area contributed by atoms with Crippen LogP contribution in [0.25, 0.3) is 0 Å². The zero-order valence-corrected chi connectivity index (χ0v) is 12.0. The number of aryl methyl sites for hydroxylation is 1. The molecule has 2 rings (SSSR count). The number of rotatable bonds is 3. The molecule has 3 nitrogen and oxygen atoms in total. The Labute approximate surface area is 114 Å². The minimum absolute atomic E-state index is 0.0925. The first kappa shape index (κ1) is 14.4. The maximum atomic E-state index is 13.7. The predicted molar refractivity (Wildman–Crippen MR) is 73.9 cm³/mol. The average Bonchev–Trinajstić information content (AvgIpc) is 2.61. The number of hydrogen-bond acceptors (Lipinski definition) is 3. The van der Waals surface area contributed by atoms with E-state index in [4.69, 9.17) is 10.6 Å². The first-order chi connectivity index (χ1) is 8.95. The molecule has 1 saturated heterocycles. The van der Waals surface area contributed by atoms with Crippen LogP contribution in [-0.4, -0.2) is 12.2 Å². The van der Waals surface area contributed by atoms with Crippen molar-refractivity contribution in [3.05, 3.63) is 35.1 Å². The van der Waals surface area contributed by atoms with Crippen LogP contribution in [0, 0.1) is 24.6 Å².